The molecule has 1 fully saturated rings. The Morgan fingerprint density at radius 1 is 1.44 bits per heavy atom. The lowest BCUT2D eigenvalue weighted by Crippen LogP contribution is -2.47. The van der Waals surface area contributed by atoms with Crippen LogP contribution in [0.25, 0.3) is 0 Å². The van der Waals surface area contributed by atoms with Crippen LogP contribution in [0.5, 0.6) is 0 Å². The zero-order chi connectivity index (χ0) is 13.8. The number of carbonyl (C=O) groups is 1. The fourth-order valence-corrected chi connectivity index (χ4v) is 2.09. The number of carbonyl (C=O) groups excluding carboxylic acids is 1. The summed E-state index contributed by atoms with van der Waals surface area (Å²) in [6.45, 7) is 9.25. The molecule has 106 valence electrons. The Labute approximate surface area is 109 Å². The quantitative estimate of drug-likeness (QED) is 0.847. The summed E-state index contributed by atoms with van der Waals surface area (Å²) < 4.78 is 18.1. The van der Waals surface area contributed by atoms with E-state index in [1.54, 1.807) is 6.92 Å². The minimum atomic E-state index is -0.791. The third kappa shape index (κ3) is 6.19. The summed E-state index contributed by atoms with van der Waals surface area (Å²) in [6.07, 6.45) is 0.554. The van der Waals surface area contributed by atoms with Crippen molar-refractivity contribution in [1.82, 2.24) is 10.2 Å². The monoisotopic (exact) mass is 260 g/mol. The highest BCUT2D eigenvalue weighted by molar-refractivity contribution is 5.68. The molecule has 18 heavy (non-hydrogen) atoms. The molecule has 1 saturated heterocycles. The van der Waals surface area contributed by atoms with E-state index in [1.165, 1.54) is 0 Å². The summed E-state index contributed by atoms with van der Waals surface area (Å²) in [5.74, 6) is 0. The van der Waals surface area contributed by atoms with Crippen LogP contribution in [-0.2, 0) is 4.74 Å². The Balaban J connectivity index is 2.25. The van der Waals surface area contributed by atoms with Gasteiger partial charge < -0.3 is 15.0 Å². The van der Waals surface area contributed by atoms with Crippen LogP contribution in [0.2, 0.25) is 0 Å². The Morgan fingerprint density at radius 3 is 2.44 bits per heavy atom. The van der Waals surface area contributed by atoms with Gasteiger partial charge in [0.25, 0.3) is 0 Å². The molecule has 0 radical (unpaired) electrons. The highest BCUT2D eigenvalue weighted by atomic mass is 19.1. The predicted molar refractivity (Wildman–Crippen MR) is 69.4 cm³/mol. The van der Waals surface area contributed by atoms with Gasteiger partial charge in [0, 0.05) is 25.7 Å². The molecule has 1 atom stereocenters. The zero-order valence-corrected chi connectivity index (χ0v) is 11.8. The summed E-state index contributed by atoms with van der Waals surface area (Å²) in [5, 5.41) is 2.87. The number of rotatable bonds is 3. The fraction of sp³-hybridized carbons (Fsp3) is 0.923. The van der Waals surface area contributed by atoms with Gasteiger partial charge in [-0.25, -0.2) is 9.18 Å². The molecule has 1 aliphatic rings. The number of likely N-dealkylation sites (tertiary alicyclic amines) is 1. The van der Waals surface area contributed by atoms with Crippen LogP contribution < -0.4 is 5.32 Å². The number of nitrogens with zero attached hydrogens (tertiary/aromatic N) is 1. The molecule has 1 rings (SSSR count). The Kier molecular flexibility index (Phi) is 5.38. The minimum Gasteiger partial charge on any atom is -0.444 e. The van der Waals surface area contributed by atoms with Crippen LogP contribution in [0.4, 0.5) is 9.18 Å². The van der Waals surface area contributed by atoms with Crippen LogP contribution >= 0.6 is 0 Å². The molecule has 0 bridgehead atoms. The second-order valence-corrected chi connectivity index (χ2v) is 6.00. The van der Waals surface area contributed by atoms with E-state index in [0.29, 0.717) is 6.54 Å². The second kappa shape index (κ2) is 6.36. The molecule has 0 aromatic carbocycles. The highest BCUT2D eigenvalue weighted by Crippen LogP contribution is 2.13. The number of hydrogen-bond donors (Lipinski definition) is 1. The number of alkyl carbamates (subject to hydrolysis) is 1. The number of hydrogen-bond acceptors (Lipinski definition) is 3. The molecule has 0 aromatic heterocycles. The van der Waals surface area contributed by atoms with Gasteiger partial charge in [-0.1, -0.05) is 0 Å². The largest absolute Gasteiger partial charge is 0.444 e. The standard InChI is InChI=1S/C13H25FN2O2/c1-10(14)9-16-7-5-11(6-8-16)15-12(17)18-13(2,3)4/h10-11H,5-9H2,1-4H3,(H,15,17). The first-order chi connectivity index (χ1) is 8.26. The first-order valence-electron chi connectivity index (χ1n) is 6.62. The maximum Gasteiger partial charge on any atom is 0.407 e. The molecule has 0 aromatic rings. The normalized spacial score (nSPS) is 20.5. The summed E-state index contributed by atoms with van der Waals surface area (Å²) in [4.78, 5) is 13.7. The lowest BCUT2D eigenvalue weighted by Gasteiger charge is -2.33. The van der Waals surface area contributed by atoms with E-state index in [-0.39, 0.29) is 12.1 Å². The van der Waals surface area contributed by atoms with Crippen molar-refractivity contribution in [2.45, 2.75) is 58.4 Å². The van der Waals surface area contributed by atoms with Crippen molar-refractivity contribution < 1.29 is 13.9 Å². The summed E-state index contributed by atoms with van der Waals surface area (Å²) >= 11 is 0. The van der Waals surface area contributed by atoms with Crippen molar-refractivity contribution in [3.8, 4) is 0 Å². The Morgan fingerprint density at radius 2 is 2.00 bits per heavy atom. The fourth-order valence-electron chi connectivity index (χ4n) is 2.09. The van der Waals surface area contributed by atoms with Crippen molar-refractivity contribution in [2.24, 2.45) is 0 Å². The average Bonchev–Trinajstić information content (AvgIpc) is 2.17. The van der Waals surface area contributed by atoms with Gasteiger partial charge in [-0.05, 0) is 40.5 Å². The molecule has 1 unspecified atom stereocenters. The smallest absolute Gasteiger partial charge is 0.407 e. The lowest BCUT2D eigenvalue weighted by atomic mass is 10.1. The molecule has 1 aliphatic heterocycles. The van der Waals surface area contributed by atoms with Crippen LogP contribution in [0.15, 0.2) is 0 Å². The Hall–Kier alpha value is -0.840. The molecular formula is C13H25FN2O2. The summed E-state index contributed by atoms with van der Waals surface area (Å²) in [6, 6.07) is 0.144. The molecule has 1 N–H and O–H groups in total. The first-order valence-corrected chi connectivity index (χ1v) is 6.62. The zero-order valence-electron chi connectivity index (χ0n) is 11.8. The number of alkyl halides is 1. The van der Waals surface area contributed by atoms with Crippen LogP contribution in [-0.4, -0.2) is 48.4 Å². The van der Waals surface area contributed by atoms with Crippen molar-refractivity contribution >= 4 is 6.09 Å². The highest BCUT2D eigenvalue weighted by Gasteiger charge is 2.23. The van der Waals surface area contributed by atoms with Crippen LogP contribution in [0, 0.1) is 0 Å². The average molecular weight is 260 g/mol. The van der Waals surface area contributed by atoms with E-state index in [9.17, 15) is 9.18 Å². The molecule has 0 saturated carbocycles. The van der Waals surface area contributed by atoms with E-state index in [0.717, 1.165) is 25.9 Å². The van der Waals surface area contributed by atoms with Crippen molar-refractivity contribution in [1.29, 1.82) is 0 Å². The van der Waals surface area contributed by atoms with E-state index in [4.69, 9.17) is 4.74 Å². The number of amides is 1. The molecule has 4 nitrogen and oxygen atoms in total. The summed E-state index contributed by atoms with van der Waals surface area (Å²) in [5.41, 5.74) is -0.464. The van der Waals surface area contributed by atoms with Crippen molar-refractivity contribution in [2.75, 3.05) is 19.6 Å². The van der Waals surface area contributed by atoms with Gasteiger partial charge in [0.2, 0.25) is 0 Å². The Bertz CT molecular complexity index is 269. The van der Waals surface area contributed by atoms with Gasteiger partial charge in [0.1, 0.15) is 11.8 Å². The molecule has 5 heteroatoms. The second-order valence-electron chi connectivity index (χ2n) is 6.00. The third-order valence-corrected chi connectivity index (χ3v) is 2.82. The maximum absolute atomic E-state index is 12.8. The van der Waals surface area contributed by atoms with E-state index in [2.05, 4.69) is 10.2 Å². The van der Waals surface area contributed by atoms with Gasteiger partial charge >= 0.3 is 6.09 Å². The van der Waals surface area contributed by atoms with Crippen LogP contribution in [0.3, 0.4) is 0 Å². The van der Waals surface area contributed by atoms with Crippen molar-refractivity contribution in [3.05, 3.63) is 0 Å². The van der Waals surface area contributed by atoms with Crippen LogP contribution in [0.1, 0.15) is 40.5 Å². The minimum absolute atomic E-state index is 0.144. The van der Waals surface area contributed by atoms with Gasteiger partial charge in [0.05, 0.1) is 0 Å². The number of halogens is 1. The van der Waals surface area contributed by atoms with E-state index >= 15 is 0 Å². The summed E-state index contributed by atoms with van der Waals surface area (Å²) in [7, 11) is 0. The van der Waals surface area contributed by atoms with E-state index < -0.39 is 11.8 Å². The topological polar surface area (TPSA) is 41.6 Å². The lowest BCUT2D eigenvalue weighted by molar-refractivity contribution is 0.0474. The van der Waals surface area contributed by atoms with Gasteiger partial charge in [0.15, 0.2) is 0 Å². The van der Waals surface area contributed by atoms with E-state index in [1.807, 2.05) is 20.8 Å². The number of piperidine rings is 1. The number of nitrogens with one attached hydrogen (secondary N) is 1. The van der Waals surface area contributed by atoms with Gasteiger partial charge in [-0.15, -0.1) is 0 Å². The molecular weight excluding hydrogens is 235 g/mol. The first kappa shape index (κ1) is 15.2. The molecule has 0 aliphatic carbocycles. The van der Waals surface area contributed by atoms with Crippen molar-refractivity contribution in [3.63, 3.8) is 0 Å². The third-order valence-electron chi connectivity index (χ3n) is 2.82. The number of ether oxygens (including phenoxy) is 1. The molecule has 1 heterocycles. The molecule has 0 spiro atoms. The predicted octanol–water partition coefficient (Wildman–Crippen LogP) is 2.33. The van der Waals surface area contributed by atoms with Gasteiger partial charge in [-0.3, -0.25) is 0 Å². The molecule has 1 amide bonds. The maximum atomic E-state index is 12.8. The van der Waals surface area contributed by atoms with Gasteiger partial charge in [-0.2, -0.15) is 0 Å². The SMILES string of the molecule is CC(F)CN1CCC(NC(=O)OC(C)(C)C)CC1.